The molecule has 0 aromatic heterocycles. The van der Waals surface area contributed by atoms with Crippen LogP contribution in [0, 0.1) is 51.8 Å². The normalized spacial score (nSPS) is 45.6. The van der Waals surface area contributed by atoms with Gasteiger partial charge in [0.1, 0.15) is 0 Å². The van der Waals surface area contributed by atoms with Gasteiger partial charge in [0.2, 0.25) is 0 Å². The zero-order valence-corrected chi connectivity index (χ0v) is 22.8. The van der Waals surface area contributed by atoms with Gasteiger partial charge in [0.25, 0.3) is 0 Å². The largest absolute Gasteiger partial charge is 0.393 e. The summed E-state index contributed by atoms with van der Waals surface area (Å²) < 4.78 is 0. The zero-order valence-electron chi connectivity index (χ0n) is 22.8. The summed E-state index contributed by atoms with van der Waals surface area (Å²) in [6, 6.07) is 0. The van der Waals surface area contributed by atoms with Crippen LogP contribution in [0.4, 0.5) is 0 Å². The van der Waals surface area contributed by atoms with Gasteiger partial charge in [-0.25, -0.2) is 0 Å². The van der Waals surface area contributed by atoms with E-state index in [-0.39, 0.29) is 17.6 Å². The van der Waals surface area contributed by atoms with E-state index >= 15 is 0 Å². The Hall–Kier alpha value is -0.0800. The molecule has 188 valence electrons. The van der Waals surface area contributed by atoms with Gasteiger partial charge in [-0.15, -0.1) is 0 Å². The lowest BCUT2D eigenvalue weighted by atomic mass is 9.44. The SMILES string of the molecule is CC.CC(CCC(O)C(C)(C)C)C1CCC2C3CCC4CC(O)CCC4(C)C3CCC12C. The second kappa shape index (κ2) is 9.88. The lowest BCUT2D eigenvalue weighted by Crippen LogP contribution is -2.54. The van der Waals surface area contributed by atoms with E-state index in [0.29, 0.717) is 10.8 Å². The highest BCUT2D eigenvalue weighted by Crippen LogP contribution is 2.68. The molecular weight excluding hydrogens is 392 g/mol. The minimum atomic E-state index is -0.183. The fraction of sp³-hybridized carbons (Fsp3) is 1.00. The van der Waals surface area contributed by atoms with Crippen molar-refractivity contribution in [1.29, 1.82) is 0 Å². The van der Waals surface area contributed by atoms with Crippen molar-refractivity contribution in [1.82, 2.24) is 0 Å². The van der Waals surface area contributed by atoms with Crippen LogP contribution in [0.1, 0.15) is 126 Å². The van der Waals surface area contributed by atoms with E-state index in [9.17, 15) is 10.2 Å². The fourth-order valence-electron chi connectivity index (χ4n) is 9.27. The molecule has 0 heterocycles. The van der Waals surface area contributed by atoms with Crippen LogP contribution in [0.25, 0.3) is 0 Å². The molecule has 4 fully saturated rings. The van der Waals surface area contributed by atoms with E-state index in [2.05, 4.69) is 41.5 Å². The molecule has 0 radical (unpaired) electrons. The molecule has 2 nitrogen and oxygen atoms in total. The average molecular weight is 449 g/mol. The van der Waals surface area contributed by atoms with Gasteiger partial charge in [0.15, 0.2) is 0 Å². The summed E-state index contributed by atoms with van der Waals surface area (Å²) in [4.78, 5) is 0. The van der Waals surface area contributed by atoms with Crippen molar-refractivity contribution in [3.63, 3.8) is 0 Å². The van der Waals surface area contributed by atoms with E-state index in [1.54, 1.807) is 0 Å². The molecule has 2 N–H and O–H groups in total. The minimum absolute atomic E-state index is 0.00154. The smallest absolute Gasteiger partial charge is 0.0588 e. The van der Waals surface area contributed by atoms with Gasteiger partial charge < -0.3 is 10.2 Å². The van der Waals surface area contributed by atoms with E-state index < -0.39 is 0 Å². The standard InChI is InChI=1S/C28H50O2.C2H6/c1-18(7-12-25(30)26(2,3)4)22-10-11-23-21-9-8-19-17-20(29)13-15-27(19,5)24(21)14-16-28(22,23)6;1-2/h18-25,29-30H,7-17H2,1-6H3;1-2H3. The molecule has 0 aromatic rings. The molecule has 0 spiro atoms. The summed E-state index contributed by atoms with van der Waals surface area (Å²) in [5, 5.41) is 20.8. The third kappa shape index (κ3) is 4.71. The number of hydrogen-bond donors (Lipinski definition) is 2. The zero-order chi connectivity index (χ0) is 23.9. The molecular formula is C30H56O2. The highest BCUT2D eigenvalue weighted by molar-refractivity contribution is 5.09. The second-order valence-corrected chi connectivity index (χ2v) is 13.7. The maximum absolute atomic E-state index is 10.6. The first-order chi connectivity index (χ1) is 15.0. The number of hydrogen-bond acceptors (Lipinski definition) is 2. The van der Waals surface area contributed by atoms with Crippen LogP contribution in [0.5, 0.6) is 0 Å². The summed E-state index contributed by atoms with van der Waals surface area (Å²) in [7, 11) is 0. The van der Waals surface area contributed by atoms with Gasteiger partial charge in [-0.05, 0) is 122 Å². The van der Waals surface area contributed by atoms with Gasteiger partial charge in [-0.1, -0.05) is 55.4 Å². The molecule has 4 aliphatic rings. The second-order valence-electron chi connectivity index (χ2n) is 13.7. The van der Waals surface area contributed by atoms with Crippen LogP contribution in [-0.2, 0) is 0 Å². The number of rotatable bonds is 4. The fourth-order valence-corrected chi connectivity index (χ4v) is 9.27. The lowest BCUT2D eigenvalue weighted by Gasteiger charge is -2.61. The maximum Gasteiger partial charge on any atom is 0.0588 e. The molecule has 0 amide bonds. The number of aliphatic hydroxyl groups excluding tert-OH is 2. The molecule has 10 unspecified atom stereocenters. The molecule has 0 aliphatic heterocycles. The Balaban J connectivity index is 0.00000141. The summed E-state index contributed by atoms with van der Waals surface area (Å²) in [5.41, 5.74) is 1.01. The minimum Gasteiger partial charge on any atom is -0.393 e. The third-order valence-electron chi connectivity index (χ3n) is 11.3. The van der Waals surface area contributed by atoms with E-state index in [4.69, 9.17) is 0 Å². The average Bonchev–Trinajstić information content (AvgIpc) is 3.10. The van der Waals surface area contributed by atoms with Crippen molar-refractivity contribution in [2.24, 2.45) is 51.8 Å². The molecule has 32 heavy (non-hydrogen) atoms. The van der Waals surface area contributed by atoms with Crippen LogP contribution in [0.2, 0.25) is 0 Å². The molecule has 4 aliphatic carbocycles. The topological polar surface area (TPSA) is 40.5 Å². The highest BCUT2D eigenvalue weighted by Gasteiger charge is 2.60. The Bertz CT molecular complexity index is 608. The molecule has 10 atom stereocenters. The molecule has 0 saturated heterocycles. The molecule has 4 saturated carbocycles. The highest BCUT2D eigenvalue weighted by atomic mass is 16.3. The van der Waals surface area contributed by atoms with Crippen molar-refractivity contribution in [3.05, 3.63) is 0 Å². The summed E-state index contributed by atoms with van der Waals surface area (Å²) >= 11 is 0. The Kier molecular flexibility index (Phi) is 8.19. The van der Waals surface area contributed by atoms with E-state index in [1.807, 2.05) is 13.8 Å². The van der Waals surface area contributed by atoms with Crippen LogP contribution in [-0.4, -0.2) is 22.4 Å². The monoisotopic (exact) mass is 448 g/mol. The lowest BCUT2D eigenvalue weighted by molar-refractivity contribution is -0.129. The quantitative estimate of drug-likeness (QED) is 0.459. The van der Waals surface area contributed by atoms with Crippen molar-refractivity contribution >= 4 is 0 Å². The number of aliphatic hydroxyl groups is 2. The van der Waals surface area contributed by atoms with Crippen LogP contribution >= 0.6 is 0 Å². The molecule has 2 heteroatoms. The van der Waals surface area contributed by atoms with Crippen molar-refractivity contribution in [2.75, 3.05) is 0 Å². The Morgan fingerprint density at radius 1 is 0.844 bits per heavy atom. The first kappa shape index (κ1) is 26.5. The summed E-state index contributed by atoms with van der Waals surface area (Å²) in [6.07, 6.45) is 13.8. The number of fused-ring (bicyclic) bond motifs is 5. The Morgan fingerprint density at radius 3 is 2.12 bits per heavy atom. The van der Waals surface area contributed by atoms with Crippen LogP contribution < -0.4 is 0 Å². The summed E-state index contributed by atoms with van der Waals surface area (Å²) in [5.74, 6) is 5.08. The van der Waals surface area contributed by atoms with Crippen molar-refractivity contribution in [3.8, 4) is 0 Å². The predicted octanol–water partition coefficient (Wildman–Crippen LogP) is 7.86. The van der Waals surface area contributed by atoms with Crippen LogP contribution in [0.15, 0.2) is 0 Å². The first-order valence-electron chi connectivity index (χ1n) is 14.3. The van der Waals surface area contributed by atoms with Crippen molar-refractivity contribution < 1.29 is 10.2 Å². The maximum atomic E-state index is 10.6. The van der Waals surface area contributed by atoms with Gasteiger partial charge in [0, 0.05) is 0 Å². The van der Waals surface area contributed by atoms with Gasteiger partial charge in [0.05, 0.1) is 12.2 Å². The van der Waals surface area contributed by atoms with Gasteiger partial charge in [-0.2, -0.15) is 0 Å². The van der Waals surface area contributed by atoms with E-state index in [0.717, 1.165) is 54.8 Å². The Morgan fingerprint density at radius 2 is 1.47 bits per heavy atom. The van der Waals surface area contributed by atoms with Gasteiger partial charge >= 0.3 is 0 Å². The first-order valence-corrected chi connectivity index (χ1v) is 14.3. The molecule has 4 rings (SSSR count). The van der Waals surface area contributed by atoms with E-state index in [1.165, 1.54) is 51.4 Å². The Labute approximate surface area is 200 Å². The molecule has 0 aromatic carbocycles. The summed E-state index contributed by atoms with van der Waals surface area (Å²) in [6.45, 7) is 18.2. The predicted molar refractivity (Wildman–Crippen MR) is 136 cm³/mol. The third-order valence-corrected chi connectivity index (χ3v) is 11.3. The van der Waals surface area contributed by atoms with Crippen LogP contribution in [0.3, 0.4) is 0 Å². The van der Waals surface area contributed by atoms with Crippen molar-refractivity contribution in [2.45, 2.75) is 138 Å². The molecule has 0 bridgehead atoms. The van der Waals surface area contributed by atoms with Gasteiger partial charge in [-0.3, -0.25) is 0 Å².